The Morgan fingerprint density at radius 3 is 2.75 bits per heavy atom. The number of rotatable bonds is 3. The van der Waals surface area contributed by atoms with Crippen LogP contribution in [0.5, 0.6) is 0 Å². The quantitative estimate of drug-likeness (QED) is 0.801. The van der Waals surface area contributed by atoms with Gasteiger partial charge in [-0.3, -0.25) is 0 Å². The molecule has 24 heavy (non-hydrogen) atoms. The number of carbonyl (C=O) groups excluding carboxylic acids is 1. The minimum absolute atomic E-state index is 0.0237. The van der Waals surface area contributed by atoms with Crippen molar-refractivity contribution in [2.45, 2.75) is 12.3 Å². The van der Waals surface area contributed by atoms with Crippen LogP contribution in [0.25, 0.3) is 11.0 Å². The number of benzene rings is 1. The number of aromatic nitrogens is 1. The number of carbonyl (C=O) groups is 1. The van der Waals surface area contributed by atoms with Crippen LogP contribution in [0.15, 0.2) is 23.2 Å². The molecule has 1 aromatic heterocycles. The van der Waals surface area contributed by atoms with E-state index < -0.39 is 35.6 Å². The van der Waals surface area contributed by atoms with Crippen molar-refractivity contribution in [3.05, 3.63) is 35.9 Å². The van der Waals surface area contributed by atoms with E-state index in [1.165, 1.54) is 17.0 Å². The highest BCUT2D eigenvalue weighted by Gasteiger charge is 2.37. The summed E-state index contributed by atoms with van der Waals surface area (Å²) in [6.45, 7) is 4.26. The molecule has 0 aliphatic carbocycles. The number of hydrogen-bond acceptors (Lipinski definition) is 6. The monoisotopic (exact) mass is 338 g/mol. The fourth-order valence-corrected chi connectivity index (χ4v) is 2.76. The number of halogens is 2. The average molecular weight is 338 g/mol. The molecule has 3 heterocycles. The molecule has 1 aromatic carbocycles. The summed E-state index contributed by atoms with van der Waals surface area (Å²) in [6.07, 6.45) is -0.197. The summed E-state index contributed by atoms with van der Waals surface area (Å²) < 4.78 is 48.9. The van der Waals surface area contributed by atoms with E-state index in [2.05, 4.69) is 11.7 Å². The lowest BCUT2D eigenvalue weighted by Gasteiger charge is -2.16. The summed E-state index contributed by atoms with van der Waals surface area (Å²) in [5.74, 6) is -2.33. The topological polar surface area (TPSA) is 74.0 Å². The van der Waals surface area contributed by atoms with Crippen LogP contribution in [0.1, 0.15) is 11.9 Å². The van der Waals surface area contributed by atoms with Gasteiger partial charge in [0, 0.05) is 5.56 Å². The molecule has 1 amide bonds. The molecule has 4 rings (SSSR count). The number of ether oxygens (including phenoxy) is 3. The molecule has 0 bridgehead atoms. The minimum atomic E-state index is -1.22. The number of fused-ring (bicyclic) bond motifs is 1. The Hall–Kier alpha value is -2.52. The van der Waals surface area contributed by atoms with E-state index in [1.807, 2.05) is 0 Å². The summed E-state index contributed by atoms with van der Waals surface area (Å²) >= 11 is 0. The Bertz CT molecular complexity index is 831. The molecular formula is C15H12F2N2O5. The summed E-state index contributed by atoms with van der Waals surface area (Å²) in [6, 6.07) is 0.822. The molecule has 1 unspecified atom stereocenters. The molecule has 7 nitrogen and oxygen atoms in total. The second-order valence-electron chi connectivity index (χ2n) is 5.30. The number of amides is 1. The zero-order chi connectivity index (χ0) is 16.8. The van der Waals surface area contributed by atoms with Crippen LogP contribution < -0.4 is 4.90 Å². The van der Waals surface area contributed by atoms with E-state index >= 15 is 0 Å². The van der Waals surface area contributed by atoms with Crippen LogP contribution in [-0.2, 0) is 14.2 Å². The molecule has 126 valence electrons. The van der Waals surface area contributed by atoms with E-state index in [0.29, 0.717) is 0 Å². The second-order valence-corrected chi connectivity index (χ2v) is 5.30. The molecule has 1 atom stereocenters. The van der Waals surface area contributed by atoms with Gasteiger partial charge in [0.1, 0.15) is 6.61 Å². The lowest BCUT2D eigenvalue weighted by molar-refractivity contribution is -0.0467. The highest BCUT2D eigenvalue weighted by molar-refractivity contribution is 6.00. The van der Waals surface area contributed by atoms with Crippen molar-refractivity contribution in [2.24, 2.45) is 0 Å². The zero-order valence-corrected chi connectivity index (χ0v) is 12.3. The molecule has 0 spiro atoms. The Balaban J connectivity index is 1.88. The number of cyclic esters (lactones) is 1. The van der Waals surface area contributed by atoms with E-state index in [4.69, 9.17) is 18.7 Å². The molecule has 9 heteroatoms. The van der Waals surface area contributed by atoms with Gasteiger partial charge < -0.3 is 18.7 Å². The average Bonchev–Trinajstić information content (AvgIpc) is 3.29. The van der Waals surface area contributed by atoms with Gasteiger partial charge in [0.25, 0.3) is 0 Å². The van der Waals surface area contributed by atoms with Gasteiger partial charge in [-0.05, 0) is 6.07 Å². The molecule has 0 saturated carbocycles. The molecule has 2 saturated heterocycles. The Morgan fingerprint density at radius 2 is 2.04 bits per heavy atom. The van der Waals surface area contributed by atoms with E-state index in [0.717, 1.165) is 0 Å². The smallest absolute Gasteiger partial charge is 0.416 e. The van der Waals surface area contributed by atoms with Crippen LogP contribution >= 0.6 is 0 Å². The minimum Gasteiger partial charge on any atom is -0.447 e. The van der Waals surface area contributed by atoms with E-state index in [1.54, 1.807) is 0 Å². The molecular weight excluding hydrogens is 326 g/mol. The lowest BCUT2D eigenvalue weighted by Crippen LogP contribution is -2.32. The van der Waals surface area contributed by atoms with Crippen molar-refractivity contribution >= 4 is 22.9 Å². The molecule has 2 aromatic rings. The van der Waals surface area contributed by atoms with Gasteiger partial charge in [0.2, 0.25) is 11.4 Å². The van der Waals surface area contributed by atoms with Crippen molar-refractivity contribution in [1.29, 1.82) is 0 Å². The normalized spacial score (nSPS) is 21.7. The maximum Gasteiger partial charge on any atom is 0.416 e. The van der Waals surface area contributed by atoms with Crippen LogP contribution in [0.3, 0.4) is 0 Å². The van der Waals surface area contributed by atoms with Gasteiger partial charge in [0.05, 0.1) is 24.6 Å². The molecule has 2 aliphatic rings. The largest absolute Gasteiger partial charge is 0.447 e. The first kappa shape index (κ1) is 15.0. The SMILES string of the molecule is C=CC1COC(=O)N1c1noc2c(F)c(F)c(C3OCCO3)cc12. The van der Waals surface area contributed by atoms with E-state index in [9.17, 15) is 13.6 Å². The van der Waals surface area contributed by atoms with Gasteiger partial charge in [0.15, 0.2) is 17.9 Å². The third-order valence-electron chi connectivity index (χ3n) is 3.94. The summed E-state index contributed by atoms with van der Waals surface area (Å²) in [5, 5.41) is 3.83. The maximum atomic E-state index is 14.3. The second kappa shape index (κ2) is 5.53. The van der Waals surface area contributed by atoms with Gasteiger partial charge in [-0.2, -0.15) is 4.39 Å². The van der Waals surface area contributed by atoms with Gasteiger partial charge in [-0.15, -0.1) is 6.58 Å². The Labute approximate surface area is 134 Å². The van der Waals surface area contributed by atoms with Crippen LogP contribution in [0, 0.1) is 11.6 Å². The lowest BCUT2D eigenvalue weighted by atomic mass is 10.1. The Morgan fingerprint density at radius 1 is 1.29 bits per heavy atom. The number of anilines is 1. The van der Waals surface area contributed by atoms with E-state index in [-0.39, 0.29) is 36.6 Å². The molecule has 0 N–H and O–H groups in total. The first-order chi connectivity index (χ1) is 11.6. The standard InChI is InChI=1S/C15H12F2N2O5/c1-2-7-6-23-15(20)19(7)13-9-5-8(14-21-3-4-22-14)10(16)11(17)12(9)24-18-13/h2,5,7,14H,1,3-4,6H2. The number of hydrogen-bond donors (Lipinski definition) is 0. The first-order valence-electron chi connectivity index (χ1n) is 7.21. The van der Waals surface area contributed by atoms with Crippen LogP contribution in [0.2, 0.25) is 0 Å². The number of nitrogens with zero attached hydrogens (tertiary/aromatic N) is 2. The van der Waals surface area contributed by atoms with Crippen molar-refractivity contribution in [3.8, 4) is 0 Å². The molecule has 0 radical (unpaired) electrons. The first-order valence-corrected chi connectivity index (χ1v) is 7.21. The predicted molar refractivity (Wildman–Crippen MR) is 76.4 cm³/mol. The van der Waals surface area contributed by atoms with Crippen LogP contribution in [-0.4, -0.2) is 37.1 Å². The fraction of sp³-hybridized carbons (Fsp3) is 0.333. The highest BCUT2D eigenvalue weighted by atomic mass is 19.2. The predicted octanol–water partition coefficient (Wildman–Crippen LogP) is 2.66. The van der Waals surface area contributed by atoms with Crippen molar-refractivity contribution in [2.75, 3.05) is 24.7 Å². The fourth-order valence-electron chi connectivity index (χ4n) is 2.76. The molecule has 2 aliphatic heterocycles. The van der Waals surface area contributed by atoms with Gasteiger partial charge in [-0.1, -0.05) is 11.2 Å². The summed E-state index contributed by atoms with van der Waals surface area (Å²) in [5.41, 5.74) is -0.517. The third kappa shape index (κ3) is 2.09. The van der Waals surface area contributed by atoms with Gasteiger partial charge >= 0.3 is 6.09 Å². The van der Waals surface area contributed by atoms with Crippen molar-refractivity contribution in [1.82, 2.24) is 5.16 Å². The Kier molecular flexibility index (Phi) is 3.47. The zero-order valence-electron chi connectivity index (χ0n) is 12.3. The molecule has 2 fully saturated rings. The third-order valence-corrected chi connectivity index (χ3v) is 3.94. The van der Waals surface area contributed by atoms with Crippen molar-refractivity contribution in [3.63, 3.8) is 0 Å². The highest BCUT2D eigenvalue weighted by Crippen LogP contribution is 2.37. The summed E-state index contributed by atoms with van der Waals surface area (Å²) in [7, 11) is 0. The van der Waals surface area contributed by atoms with Crippen LogP contribution in [0.4, 0.5) is 19.4 Å². The summed E-state index contributed by atoms with van der Waals surface area (Å²) in [4.78, 5) is 13.1. The van der Waals surface area contributed by atoms with Gasteiger partial charge in [-0.25, -0.2) is 14.1 Å². The van der Waals surface area contributed by atoms with Crippen molar-refractivity contribution < 1.29 is 32.3 Å². The maximum absolute atomic E-state index is 14.3.